The van der Waals surface area contributed by atoms with E-state index in [0.29, 0.717) is 25.7 Å². The van der Waals surface area contributed by atoms with Crippen LogP contribution in [0.5, 0.6) is 0 Å². The lowest BCUT2D eigenvalue weighted by Crippen LogP contribution is -2.70. The zero-order valence-corrected chi connectivity index (χ0v) is 44.9. The van der Waals surface area contributed by atoms with Crippen LogP contribution in [0.3, 0.4) is 0 Å². The first-order chi connectivity index (χ1) is 37.4. The number of carbonyl (C=O) groups is 2. The molecule has 0 fully saturated rings. The Morgan fingerprint density at radius 1 is 0.244 bits per heavy atom. The van der Waals surface area contributed by atoms with Crippen LogP contribution in [0.4, 0.5) is 114 Å². The minimum absolute atomic E-state index is 0.0991. The number of amides is 2. The number of aliphatic hydroxyl groups is 2. The molecule has 490 valence electrons. The van der Waals surface area contributed by atoms with Crippen molar-refractivity contribution in [3.05, 3.63) is 0 Å². The molecule has 0 heterocycles. The summed E-state index contributed by atoms with van der Waals surface area (Å²) >= 11 is 0. The Kier molecular flexibility index (Phi) is 32.6. The van der Waals surface area contributed by atoms with Gasteiger partial charge in [0.1, 0.15) is 0 Å². The van der Waals surface area contributed by atoms with Gasteiger partial charge < -0.3 is 20.0 Å². The number of nitrogens with zero attached hydrogens (tertiary/aromatic N) is 2. The highest BCUT2D eigenvalue weighted by molar-refractivity contribution is 5.76. The summed E-state index contributed by atoms with van der Waals surface area (Å²) in [4.78, 5) is 27.3. The van der Waals surface area contributed by atoms with E-state index in [1.54, 1.807) is 0 Å². The standard InChI is InChI=1S/C50H74F26N2O4/c51-39(52,41(55,56)43(59,60)45(63,64)47(67,68)49(71,72)73)29-23-21-27-37(81)77(33-35-79)31-25-19-17-15-13-11-9-7-5-3-1-2-4-6-8-10-12-14-16-18-20-26-32-78(34-36-80)38(82)28-22-24-30-40(53,54)42(57,58)44(61,62)46(65,66)48(69,70)50(74,75)76/h79-80H,1-36H2. The Balaban J connectivity index is 4.19. The van der Waals surface area contributed by atoms with Gasteiger partial charge in [-0.2, -0.15) is 114 Å². The van der Waals surface area contributed by atoms with Crippen molar-refractivity contribution in [2.24, 2.45) is 0 Å². The number of unbranched alkanes of at least 4 members (excludes halogenated alkanes) is 23. The molecular formula is C50H74F26N2O4. The monoisotopic (exact) mass is 1260 g/mol. The SMILES string of the molecule is O=C(CCCCC(F)(F)C(F)(F)C(F)(F)C(F)(F)C(F)(F)C(F)(F)F)N(CCO)CCCCCCCCCCCCCCCCCCCCCCCCN(CCO)C(=O)CCCCC(F)(F)C(F)(F)C(F)(F)C(F)(F)C(F)(F)C(F)(F)F. The minimum atomic E-state index is -7.97. The van der Waals surface area contributed by atoms with Crippen molar-refractivity contribution >= 4 is 11.8 Å². The Hall–Kier alpha value is -2.96. The predicted molar refractivity (Wildman–Crippen MR) is 247 cm³/mol. The Bertz CT molecular complexity index is 1670. The summed E-state index contributed by atoms with van der Waals surface area (Å²) in [5.41, 5.74) is 0. The van der Waals surface area contributed by atoms with Crippen molar-refractivity contribution in [2.45, 2.75) is 264 Å². The van der Waals surface area contributed by atoms with Crippen LogP contribution in [-0.2, 0) is 9.59 Å². The van der Waals surface area contributed by atoms with E-state index < -0.39 is 148 Å². The third-order valence-electron chi connectivity index (χ3n) is 13.8. The normalized spacial score (nSPS) is 14.2. The second kappa shape index (κ2) is 33.8. The lowest BCUT2D eigenvalue weighted by Gasteiger charge is -2.39. The first-order valence-corrected chi connectivity index (χ1v) is 27.1. The highest BCUT2D eigenvalue weighted by Gasteiger charge is 2.92. The van der Waals surface area contributed by atoms with Crippen LogP contribution in [0, 0.1) is 0 Å². The van der Waals surface area contributed by atoms with Crippen molar-refractivity contribution in [1.82, 2.24) is 9.80 Å². The maximum atomic E-state index is 14.1. The second-order valence-electron chi connectivity index (χ2n) is 20.4. The van der Waals surface area contributed by atoms with Gasteiger partial charge in [-0.1, -0.05) is 128 Å². The molecule has 0 saturated carbocycles. The summed E-state index contributed by atoms with van der Waals surface area (Å²) in [6, 6.07) is 0. The zero-order chi connectivity index (χ0) is 63.8. The van der Waals surface area contributed by atoms with E-state index in [0.717, 1.165) is 125 Å². The van der Waals surface area contributed by atoms with Gasteiger partial charge in [-0.05, 0) is 38.5 Å². The Morgan fingerprint density at radius 3 is 0.634 bits per heavy atom. The van der Waals surface area contributed by atoms with Crippen LogP contribution in [0.1, 0.15) is 193 Å². The largest absolute Gasteiger partial charge is 0.460 e. The lowest BCUT2D eigenvalue weighted by atomic mass is 9.91. The van der Waals surface area contributed by atoms with E-state index in [1.165, 1.54) is 0 Å². The van der Waals surface area contributed by atoms with Crippen molar-refractivity contribution in [3.63, 3.8) is 0 Å². The number of rotatable bonds is 47. The van der Waals surface area contributed by atoms with Gasteiger partial charge >= 0.3 is 71.6 Å². The van der Waals surface area contributed by atoms with E-state index in [4.69, 9.17) is 0 Å². The van der Waals surface area contributed by atoms with Crippen molar-refractivity contribution in [2.75, 3.05) is 39.4 Å². The zero-order valence-electron chi connectivity index (χ0n) is 44.9. The number of carbonyl (C=O) groups excluding carboxylic acids is 2. The Labute approximate surface area is 458 Å². The molecule has 0 aliphatic heterocycles. The fourth-order valence-corrected chi connectivity index (χ4v) is 8.59. The first-order valence-electron chi connectivity index (χ1n) is 27.1. The van der Waals surface area contributed by atoms with E-state index in [9.17, 15) is 134 Å². The maximum absolute atomic E-state index is 14.1. The van der Waals surface area contributed by atoms with E-state index in [2.05, 4.69) is 0 Å². The molecule has 82 heavy (non-hydrogen) atoms. The third kappa shape index (κ3) is 21.5. The molecule has 0 aromatic rings. The van der Waals surface area contributed by atoms with Crippen LogP contribution in [0.2, 0.25) is 0 Å². The number of hydrogen-bond donors (Lipinski definition) is 2. The molecule has 0 aromatic heterocycles. The van der Waals surface area contributed by atoms with Crippen molar-refractivity contribution in [3.8, 4) is 0 Å². The molecule has 0 radical (unpaired) electrons. The molecule has 0 aromatic carbocycles. The van der Waals surface area contributed by atoms with E-state index in [1.807, 2.05) is 0 Å². The maximum Gasteiger partial charge on any atom is 0.460 e. The molecule has 0 unspecified atom stereocenters. The molecule has 0 saturated heterocycles. The molecule has 0 rings (SSSR count). The molecule has 2 N–H and O–H groups in total. The second-order valence-corrected chi connectivity index (χ2v) is 20.4. The van der Waals surface area contributed by atoms with Crippen LogP contribution in [0.15, 0.2) is 0 Å². The molecule has 0 spiro atoms. The lowest BCUT2D eigenvalue weighted by molar-refractivity contribution is -0.440. The average molecular weight is 1260 g/mol. The smallest absolute Gasteiger partial charge is 0.395 e. The molecule has 0 aliphatic rings. The summed E-state index contributed by atoms with van der Waals surface area (Å²) in [6.07, 6.45) is -4.67. The molecular weight excluding hydrogens is 1190 g/mol. The van der Waals surface area contributed by atoms with Crippen LogP contribution in [-0.4, -0.2) is 143 Å². The fraction of sp³-hybridized carbons (Fsp3) is 0.960. The van der Waals surface area contributed by atoms with E-state index >= 15 is 0 Å². The van der Waals surface area contributed by atoms with Crippen LogP contribution in [0.25, 0.3) is 0 Å². The average Bonchev–Trinajstić information content (AvgIpc) is 3.47. The van der Waals surface area contributed by atoms with Gasteiger partial charge in [-0.15, -0.1) is 0 Å². The number of aliphatic hydroxyl groups excluding tert-OH is 2. The van der Waals surface area contributed by atoms with Crippen molar-refractivity contribution < 1.29 is 134 Å². The highest BCUT2D eigenvalue weighted by atomic mass is 19.4. The van der Waals surface area contributed by atoms with Gasteiger partial charge in [-0.25, -0.2) is 0 Å². The molecule has 0 atom stereocenters. The number of alkyl halides is 26. The summed E-state index contributed by atoms with van der Waals surface area (Å²) in [7, 11) is 0. The number of hydrogen-bond acceptors (Lipinski definition) is 4. The van der Waals surface area contributed by atoms with Crippen LogP contribution >= 0.6 is 0 Å². The summed E-state index contributed by atoms with van der Waals surface area (Å²) < 4.78 is 346. The Morgan fingerprint density at radius 2 is 0.439 bits per heavy atom. The van der Waals surface area contributed by atoms with Gasteiger partial charge in [0.15, 0.2) is 0 Å². The molecule has 2 amide bonds. The summed E-state index contributed by atoms with van der Waals surface area (Å²) in [5.74, 6) is -75.9. The van der Waals surface area contributed by atoms with Crippen molar-refractivity contribution in [1.29, 1.82) is 0 Å². The van der Waals surface area contributed by atoms with Gasteiger partial charge in [0.25, 0.3) is 0 Å². The highest BCUT2D eigenvalue weighted by Crippen LogP contribution is 2.62. The van der Waals surface area contributed by atoms with Gasteiger partial charge in [0.2, 0.25) is 11.8 Å². The topological polar surface area (TPSA) is 81.1 Å². The predicted octanol–water partition coefficient (Wildman–Crippen LogP) is 17.8. The van der Waals surface area contributed by atoms with Gasteiger partial charge in [0.05, 0.1) is 13.2 Å². The fourth-order valence-electron chi connectivity index (χ4n) is 8.59. The van der Waals surface area contributed by atoms with Gasteiger partial charge in [-0.3, -0.25) is 9.59 Å². The summed E-state index contributed by atoms with van der Waals surface area (Å²) in [6.45, 7) is -1.28. The van der Waals surface area contributed by atoms with E-state index in [-0.39, 0.29) is 26.2 Å². The first kappa shape index (κ1) is 79.0. The van der Waals surface area contributed by atoms with Gasteiger partial charge in [0, 0.05) is 51.9 Å². The third-order valence-corrected chi connectivity index (χ3v) is 13.8. The molecule has 6 nitrogen and oxygen atoms in total. The summed E-state index contributed by atoms with van der Waals surface area (Å²) in [5, 5.41) is 18.6. The molecule has 0 bridgehead atoms. The molecule has 0 aliphatic carbocycles. The van der Waals surface area contributed by atoms with Crippen LogP contribution < -0.4 is 0 Å². The minimum Gasteiger partial charge on any atom is -0.395 e. The molecule has 32 heteroatoms. The quantitative estimate of drug-likeness (QED) is 0.0470. The number of halogens is 26.